The van der Waals surface area contributed by atoms with E-state index in [1.54, 1.807) is 6.07 Å². The average molecular weight is 260 g/mol. The lowest BCUT2D eigenvalue weighted by Gasteiger charge is -2.30. The lowest BCUT2D eigenvalue weighted by Crippen LogP contribution is -2.33. The summed E-state index contributed by atoms with van der Waals surface area (Å²) in [6.45, 7) is 6.43. The van der Waals surface area contributed by atoms with Gasteiger partial charge in [-0.3, -0.25) is 4.79 Å². The molecular weight excluding hydrogens is 240 g/mol. The zero-order chi connectivity index (χ0) is 14.0. The predicted molar refractivity (Wildman–Crippen MR) is 79.4 cm³/mol. The van der Waals surface area contributed by atoms with E-state index < -0.39 is 0 Å². The van der Waals surface area contributed by atoms with Crippen LogP contribution in [0.4, 0.5) is 11.4 Å². The fourth-order valence-electron chi connectivity index (χ4n) is 1.99. The van der Waals surface area contributed by atoms with Crippen molar-refractivity contribution < 1.29 is 0 Å². The van der Waals surface area contributed by atoms with E-state index in [1.807, 2.05) is 6.07 Å². The number of fused-ring (bicyclic) bond motifs is 1. The highest BCUT2D eigenvalue weighted by atomic mass is 16.1. The second-order valence-electron chi connectivity index (χ2n) is 5.08. The molecule has 1 heterocycles. The second kappa shape index (κ2) is 4.91. The van der Waals surface area contributed by atoms with Crippen molar-refractivity contribution in [2.45, 2.75) is 39.2 Å². The van der Waals surface area contributed by atoms with Crippen molar-refractivity contribution in [1.82, 2.24) is 9.97 Å². The number of benzene rings is 1. The van der Waals surface area contributed by atoms with Gasteiger partial charge >= 0.3 is 0 Å². The van der Waals surface area contributed by atoms with Crippen LogP contribution in [-0.4, -0.2) is 15.5 Å². The van der Waals surface area contributed by atoms with Crippen LogP contribution in [-0.2, 0) is 0 Å². The standard InChI is InChI=1S/C14H20N4O/c1-4-14(3,5-2)18-12-7-11-9(6-10(12)15)13(19)17-8-16-11/h6-8,18H,4-5,15H2,1-3H3,(H,16,17,19). The van der Waals surface area contributed by atoms with Crippen molar-refractivity contribution in [2.24, 2.45) is 0 Å². The first-order valence-corrected chi connectivity index (χ1v) is 6.54. The van der Waals surface area contributed by atoms with Crippen molar-refractivity contribution in [3.05, 3.63) is 28.8 Å². The Kier molecular flexibility index (Phi) is 3.46. The first kappa shape index (κ1) is 13.4. The number of hydrogen-bond acceptors (Lipinski definition) is 4. The van der Waals surface area contributed by atoms with Gasteiger partial charge in [-0.2, -0.15) is 0 Å². The highest BCUT2D eigenvalue weighted by Gasteiger charge is 2.20. The molecule has 0 aliphatic heterocycles. The van der Waals surface area contributed by atoms with Crippen LogP contribution in [0.5, 0.6) is 0 Å². The first-order valence-electron chi connectivity index (χ1n) is 6.54. The van der Waals surface area contributed by atoms with Crippen molar-refractivity contribution in [3.63, 3.8) is 0 Å². The van der Waals surface area contributed by atoms with Gasteiger partial charge in [0, 0.05) is 5.54 Å². The van der Waals surface area contributed by atoms with Crippen molar-refractivity contribution in [2.75, 3.05) is 11.1 Å². The Bertz CT molecular complexity index is 643. The van der Waals surface area contributed by atoms with Gasteiger partial charge in [-0.1, -0.05) is 13.8 Å². The van der Waals surface area contributed by atoms with Gasteiger partial charge in [0.15, 0.2) is 0 Å². The number of anilines is 2. The molecular formula is C14H20N4O. The summed E-state index contributed by atoms with van der Waals surface area (Å²) in [7, 11) is 0. The summed E-state index contributed by atoms with van der Waals surface area (Å²) in [6, 6.07) is 3.51. The minimum atomic E-state index is -0.169. The van der Waals surface area contributed by atoms with E-state index in [-0.39, 0.29) is 11.1 Å². The lowest BCUT2D eigenvalue weighted by molar-refractivity contribution is 0.479. The molecule has 0 aliphatic rings. The van der Waals surface area contributed by atoms with Gasteiger partial charge in [0.25, 0.3) is 5.56 Å². The summed E-state index contributed by atoms with van der Waals surface area (Å²) in [5.41, 5.74) is 7.90. The quantitative estimate of drug-likeness (QED) is 0.737. The number of H-pyrrole nitrogens is 1. The summed E-state index contributed by atoms with van der Waals surface area (Å²) in [4.78, 5) is 18.4. The lowest BCUT2D eigenvalue weighted by atomic mass is 9.95. The summed E-state index contributed by atoms with van der Waals surface area (Å²) >= 11 is 0. The topological polar surface area (TPSA) is 83.8 Å². The maximum Gasteiger partial charge on any atom is 0.258 e. The highest BCUT2D eigenvalue weighted by molar-refractivity contribution is 5.88. The van der Waals surface area contributed by atoms with Crippen LogP contribution in [0.3, 0.4) is 0 Å². The summed E-state index contributed by atoms with van der Waals surface area (Å²) in [5, 5.41) is 3.97. The molecule has 0 saturated heterocycles. The molecule has 1 aromatic heterocycles. The van der Waals surface area contributed by atoms with Crippen molar-refractivity contribution >= 4 is 22.3 Å². The van der Waals surface area contributed by atoms with E-state index >= 15 is 0 Å². The van der Waals surface area contributed by atoms with Gasteiger partial charge in [-0.05, 0) is 31.9 Å². The van der Waals surface area contributed by atoms with Gasteiger partial charge in [0.1, 0.15) is 0 Å². The summed E-state index contributed by atoms with van der Waals surface area (Å²) < 4.78 is 0. The number of aromatic amines is 1. The zero-order valence-corrected chi connectivity index (χ0v) is 11.6. The van der Waals surface area contributed by atoms with Gasteiger partial charge in [-0.15, -0.1) is 0 Å². The number of nitrogens with zero attached hydrogens (tertiary/aromatic N) is 1. The predicted octanol–water partition coefficient (Wildman–Crippen LogP) is 2.50. The smallest absolute Gasteiger partial charge is 0.258 e. The van der Waals surface area contributed by atoms with Crippen molar-refractivity contribution in [1.29, 1.82) is 0 Å². The molecule has 0 radical (unpaired) electrons. The van der Waals surface area contributed by atoms with E-state index in [1.165, 1.54) is 6.33 Å². The molecule has 4 N–H and O–H groups in total. The van der Waals surface area contributed by atoms with Gasteiger partial charge in [-0.25, -0.2) is 4.98 Å². The van der Waals surface area contributed by atoms with Crippen LogP contribution in [0.2, 0.25) is 0 Å². The maximum absolute atomic E-state index is 11.7. The van der Waals surface area contributed by atoms with Crippen LogP contribution < -0.4 is 16.6 Å². The first-order chi connectivity index (χ1) is 8.99. The molecule has 2 aromatic rings. The highest BCUT2D eigenvalue weighted by Crippen LogP contribution is 2.28. The number of nitrogen functional groups attached to an aromatic ring is 1. The van der Waals surface area contributed by atoms with E-state index in [2.05, 4.69) is 36.1 Å². The summed E-state index contributed by atoms with van der Waals surface area (Å²) in [6.07, 6.45) is 3.39. The molecule has 5 nitrogen and oxygen atoms in total. The van der Waals surface area contributed by atoms with Crippen LogP contribution in [0.1, 0.15) is 33.6 Å². The largest absolute Gasteiger partial charge is 0.397 e. The number of nitrogens with one attached hydrogen (secondary N) is 2. The number of hydrogen-bond donors (Lipinski definition) is 3. The molecule has 0 saturated carbocycles. The van der Waals surface area contributed by atoms with Crippen LogP contribution >= 0.6 is 0 Å². The molecule has 0 unspecified atom stereocenters. The van der Waals surface area contributed by atoms with E-state index in [0.29, 0.717) is 16.6 Å². The molecule has 5 heteroatoms. The Morgan fingerprint density at radius 1 is 1.37 bits per heavy atom. The second-order valence-corrected chi connectivity index (χ2v) is 5.08. The van der Waals surface area contributed by atoms with Crippen LogP contribution in [0.25, 0.3) is 10.9 Å². The molecule has 1 aromatic carbocycles. The Labute approximate surface area is 112 Å². The number of aromatic nitrogens is 2. The molecule has 2 rings (SSSR count). The van der Waals surface area contributed by atoms with Crippen LogP contribution in [0.15, 0.2) is 23.3 Å². The SMILES string of the molecule is CCC(C)(CC)Nc1cc2nc[nH]c(=O)c2cc1N. The van der Waals surface area contributed by atoms with Gasteiger partial charge in [0.2, 0.25) is 0 Å². The number of nitrogens with two attached hydrogens (primary N) is 1. The molecule has 0 bridgehead atoms. The Morgan fingerprint density at radius 2 is 2.05 bits per heavy atom. The Balaban J connectivity index is 2.51. The zero-order valence-electron chi connectivity index (χ0n) is 11.6. The van der Waals surface area contributed by atoms with Gasteiger partial charge < -0.3 is 16.0 Å². The maximum atomic E-state index is 11.7. The Hall–Kier alpha value is -2.04. The van der Waals surface area contributed by atoms with E-state index in [0.717, 1.165) is 18.5 Å². The molecule has 0 fully saturated rings. The molecule has 0 amide bonds. The third kappa shape index (κ3) is 2.54. The third-order valence-electron chi connectivity index (χ3n) is 3.81. The van der Waals surface area contributed by atoms with Crippen LogP contribution in [0, 0.1) is 0 Å². The summed E-state index contributed by atoms with van der Waals surface area (Å²) in [5.74, 6) is 0. The third-order valence-corrected chi connectivity index (χ3v) is 3.81. The van der Waals surface area contributed by atoms with Gasteiger partial charge in [0.05, 0.1) is 28.6 Å². The Morgan fingerprint density at radius 3 is 2.68 bits per heavy atom. The normalized spacial score (nSPS) is 11.7. The molecule has 0 atom stereocenters. The monoisotopic (exact) mass is 260 g/mol. The fraction of sp³-hybridized carbons (Fsp3) is 0.429. The molecule has 102 valence electrons. The fourth-order valence-corrected chi connectivity index (χ4v) is 1.99. The molecule has 0 aliphatic carbocycles. The minimum Gasteiger partial charge on any atom is -0.397 e. The van der Waals surface area contributed by atoms with E-state index in [9.17, 15) is 4.79 Å². The minimum absolute atomic E-state index is 0.0109. The number of rotatable bonds is 4. The van der Waals surface area contributed by atoms with E-state index in [4.69, 9.17) is 5.73 Å². The van der Waals surface area contributed by atoms with Crippen molar-refractivity contribution in [3.8, 4) is 0 Å². The average Bonchev–Trinajstić information content (AvgIpc) is 2.41. The molecule has 19 heavy (non-hydrogen) atoms. The molecule has 0 spiro atoms.